The Morgan fingerprint density at radius 3 is 2.91 bits per heavy atom. The quantitative estimate of drug-likeness (QED) is 0.784. The van der Waals surface area contributed by atoms with Gasteiger partial charge in [-0.1, -0.05) is 6.07 Å². The van der Waals surface area contributed by atoms with Crippen molar-refractivity contribution >= 4 is 11.7 Å². The van der Waals surface area contributed by atoms with Crippen LogP contribution in [0, 0.1) is 5.92 Å². The molecule has 0 radical (unpaired) electrons. The zero-order chi connectivity index (χ0) is 16.7. The van der Waals surface area contributed by atoms with Gasteiger partial charge in [-0.05, 0) is 37.3 Å². The highest BCUT2D eigenvalue weighted by Crippen LogP contribution is 2.25. The van der Waals surface area contributed by atoms with Gasteiger partial charge in [0, 0.05) is 31.5 Å². The Bertz CT molecular complexity index is 517. The number of carbonyl (C=O) groups excluding carboxylic acids is 1. The fraction of sp³-hybridized carbons (Fsp3) is 0.533. The van der Waals surface area contributed by atoms with Gasteiger partial charge in [0.25, 0.3) is 0 Å². The first kappa shape index (κ1) is 17.4. The van der Waals surface area contributed by atoms with Crippen molar-refractivity contribution in [1.29, 1.82) is 0 Å². The lowest BCUT2D eigenvalue weighted by Gasteiger charge is -2.12. The predicted molar refractivity (Wildman–Crippen MR) is 78.3 cm³/mol. The molecule has 5 nitrogen and oxygen atoms in total. The summed E-state index contributed by atoms with van der Waals surface area (Å²) in [6.07, 6.45) is -1.89. The first-order valence-electron chi connectivity index (χ1n) is 7.41. The topological polar surface area (TPSA) is 59.6 Å². The highest BCUT2D eigenvalue weighted by Gasteiger charge is 2.31. The molecule has 1 aliphatic rings. The van der Waals surface area contributed by atoms with Gasteiger partial charge in [0.1, 0.15) is 5.75 Å². The van der Waals surface area contributed by atoms with E-state index >= 15 is 0 Å². The van der Waals surface area contributed by atoms with Crippen molar-refractivity contribution in [2.24, 2.45) is 5.92 Å². The molecular formula is C15H19F3N2O3. The van der Waals surface area contributed by atoms with Gasteiger partial charge in [-0.25, -0.2) is 4.79 Å². The summed E-state index contributed by atoms with van der Waals surface area (Å²) in [6.45, 7) is 2.08. The van der Waals surface area contributed by atoms with E-state index in [1.807, 2.05) is 0 Å². The number of urea groups is 1. The van der Waals surface area contributed by atoms with Crippen molar-refractivity contribution in [2.45, 2.75) is 25.6 Å². The van der Waals surface area contributed by atoms with Crippen LogP contribution in [0.1, 0.15) is 19.3 Å². The highest BCUT2D eigenvalue weighted by molar-refractivity contribution is 5.89. The monoisotopic (exact) mass is 332 g/mol. The first-order valence-corrected chi connectivity index (χ1v) is 7.41. The van der Waals surface area contributed by atoms with Crippen LogP contribution in [0.3, 0.4) is 0 Å². The van der Waals surface area contributed by atoms with Gasteiger partial charge >= 0.3 is 12.4 Å². The number of benzene rings is 1. The Balaban J connectivity index is 1.70. The molecule has 0 bridgehead atoms. The third-order valence-electron chi connectivity index (χ3n) is 3.42. The molecule has 1 fully saturated rings. The van der Waals surface area contributed by atoms with Crippen LogP contribution in [-0.2, 0) is 4.74 Å². The molecule has 0 aliphatic carbocycles. The van der Waals surface area contributed by atoms with E-state index in [1.54, 1.807) is 0 Å². The molecule has 0 spiro atoms. The van der Waals surface area contributed by atoms with Crippen LogP contribution in [-0.4, -0.2) is 32.2 Å². The molecule has 2 amide bonds. The van der Waals surface area contributed by atoms with Gasteiger partial charge in [-0.15, -0.1) is 13.2 Å². The van der Waals surface area contributed by atoms with Crippen LogP contribution in [0.2, 0.25) is 0 Å². The summed E-state index contributed by atoms with van der Waals surface area (Å²) in [6, 6.07) is 4.68. The SMILES string of the molecule is O=C(NCCC[C@@H]1CCOC1)Nc1cccc(OC(F)(F)F)c1. The van der Waals surface area contributed by atoms with Gasteiger partial charge in [-0.2, -0.15) is 0 Å². The Kier molecular flexibility index (Phi) is 6.09. The Hall–Kier alpha value is -1.96. The van der Waals surface area contributed by atoms with E-state index < -0.39 is 12.4 Å². The fourth-order valence-electron chi connectivity index (χ4n) is 2.35. The number of halogens is 3. The van der Waals surface area contributed by atoms with Gasteiger partial charge in [0.05, 0.1) is 0 Å². The summed E-state index contributed by atoms with van der Waals surface area (Å²) in [5.74, 6) is 0.174. The maximum Gasteiger partial charge on any atom is 0.573 e. The average molecular weight is 332 g/mol. The molecule has 8 heteroatoms. The molecule has 2 N–H and O–H groups in total. The number of anilines is 1. The molecule has 1 aromatic carbocycles. The van der Waals surface area contributed by atoms with Gasteiger partial charge in [0.2, 0.25) is 0 Å². The second kappa shape index (κ2) is 8.05. The highest BCUT2D eigenvalue weighted by atomic mass is 19.4. The van der Waals surface area contributed by atoms with Gasteiger partial charge in [0.15, 0.2) is 0 Å². The molecule has 0 aromatic heterocycles. The minimum atomic E-state index is -4.76. The van der Waals surface area contributed by atoms with Crippen molar-refractivity contribution < 1.29 is 27.4 Å². The predicted octanol–water partition coefficient (Wildman–Crippen LogP) is 3.52. The molecule has 23 heavy (non-hydrogen) atoms. The van der Waals surface area contributed by atoms with E-state index in [0.717, 1.165) is 38.5 Å². The molecule has 0 unspecified atom stereocenters. The number of ether oxygens (including phenoxy) is 2. The maximum atomic E-state index is 12.1. The van der Waals surface area contributed by atoms with Crippen molar-refractivity contribution in [3.05, 3.63) is 24.3 Å². The molecular weight excluding hydrogens is 313 g/mol. The van der Waals surface area contributed by atoms with Crippen LogP contribution in [0.4, 0.5) is 23.7 Å². The van der Waals surface area contributed by atoms with Crippen molar-refractivity contribution in [3.63, 3.8) is 0 Å². The fourth-order valence-corrected chi connectivity index (χ4v) is 2.35. The summed E-state index contributed by atoms with van der Waals surface area (Å²) in [5.41, 5.74) is 0.230. The van der Waals surface area contributed by atoms with Crippen LogP contribution in [0.15, 0.2) is 24.3 Å². The number of amides is 2. The lowest BCUT2D eigenvalue weighted by Crippen LogP contribution is -2.29. The second-order valence-electron chi connectivity index (χ2n) is 5.33. The van der Waals surface area contributed by atoms with Crippen LogP contribution >= 0.6 is 0 Å². The average Bonchev–Trinajstić information content (AvgIpc) is 2.95. The zero-order valence-corrected chi connectivity index (χ0v) is 12.5. The normalized spacial score (nSPS) is 17.8. The number of carbonyl (C=O) groups is 1. The maximum absolute atomic E-state index is 12.1. The standard InChI is InChI=1S/C15H19F3N2O3/c16-15(17,18)23-13-5-1-4-12(9-13)20-14(21)19-7-2-3-11-6-8-22-10-11/h1,4-5,9,11H,2-3,6-8,10H2,(H2,19,20,21)/t11-/m1/s1. The summed E-state index contributed by atoms with van der Waals surface area (Å²) >= 11 is 0. The molecule has 2 rings (SSSR count). The van der Waals surface area contributed by atoms with E-state index in [0.29, 0.717) is 12.5 Å². The lowest BCUT2D eigenvalue weighted by atomic mass is 10.0. The van der Waals surface area contributed by atoms with Gasteiger partial charge < -0.3 is 20.1 Å². The van der Waals surface area contributed by atoms with Crippen LogP contribution < -0.4 is 15.4 Å². The number of hydrogen-bond donors (Lipinski definition) is 2. The van der Waals surface area contributed by atoms with E-state index in [4.69, 9.17) is 4.74 Å². The van der Waals surface area contributed by atoms with Gasteiger partial charge in [-0.3, -0.25) is 0 Å². The molecule has 1 aromatic rings. The third-order valence-corrected chi connectivity index (χ3v) is 3.42. The second-order valence-corrected chi connectivity index (χ2v) is 5.33. The number of hydrogen-bond acceptors (Lipinski definition) is 3. The Morgan fingerprint density at radius 2 is 2.22 bits per heavy atom. The van der Waals surface area contributed by atoms with E-state index in [1.165, 1.54) is 18.2 Å². The van der Waals surface area contributed by atoms with Crippen LogP contribution in [0.5, 0.6) is 5.75 Å². The largest absolute Gasteiger partial charge is 0.573 e. The minimum Gasteiger partial charge on any atom is -0.406 e. The molecule has 1 heterocycles. The van der Waals surface area contributed by atoms with Crippen LogP contribution in [0.25, 0.3) is 0 Å². The zero-order valence-electron chi connectivity index (χ0n) is 12.5. The smallest absolute Gasteiger partial charge is 0.406 e. The molecule has 0 saturated carbocycles. The van der Waals surface area contributed by atoms with Crippen molar-refractivity contribution in [2.75, 3.05) is 25.1 Å². The third kappa shape index (κ3) is 6.77. The van der Waals surface area contributed by atoms with E-state index in [9.17, 15) is 18.0 Å². The van der Waals surface area contributed by atoms with Crippen molar-refractivity contribution in [3.8, 4) is 5.75 Å². The lowest BCUT2D eigenvalue weighted by molar-refractivity contribution is -0.274. The number of rotatable bonds is 6. The Labute approximate surface area is 132 Å². The first-order chi connectivity index (χ1) is 10.9. The molecule has 128 valence electrons. The number of alkyl halides is 3. The van der Waals surface area contributed by atoms with Crippen molar-refractivity contribution in [1.82, 2.24) is 5.32 Å². The summed E-state index contributed by atoms with van der Waals surface area (Å²) < 4.78 is 45.5. The minimum absolute atomic E-state index is 0.230. The molecule has 1 aliphatic heterocycles. The number of nitrogens with one attached hydrogen (secondary N) is 2. The molecule has 1 atom stereocenters. The summed E-state index contributed by atoms with van der Waals surface area (Å²) in [7, 11) is 0. The summed E-state index contributed by atoms with van der Waals surface area (Å²) in [4.78, 5) is 11.7. The summed E-state index contributed by atoms with van der Waals surface area (Å²) in [5, 5.41) is 5.14. The van der Waals surface area contributed by atoms with E-state index in [-0.39, 0.29) is 11.4 Å². The molecule has 1 saturated heterocycles. The Morgan fingerprint density at radius 1 is 1.39 bits per heavy atom. The van der Waals surface area contributed by atoms with E-state index in [2.05, 4.69) is 15.4 Å².